The highest BCUT2D eigenvalue weighted by Gasteiger charge is 2.46. The SMILES string of the molecule is CC(C)C1(C)CC(O)OC1=O. The molecule has 0 amide bonds. The maximum Gasteiger partial charge on any atom is 0.314 e. The van der Waals surface area contributed by atoms with E-state index >= 15 is 0 Å². The quantitative estimate of drug-likeness (QED) is 0.577. The Balaban J connectivity index is 2.79. The van der Waals surface area contributed by atoms with E-state index in [1.807, 2.05) is 20.8 Å². The average Bonchev–Trinajstić information content (AvgIpc) is 2.08. The van der Waals surface area contributed by atoms with Crippen molar-refractivity contribution in [1.82, 2.24) is 0 Å². The molecule has 64 valence electrons. The molecular weight excluding hydrogens is 144 g/mol. The minimum Gasteiger partial charge on any atom is -0.436 e. The molecule has 1 aliphatic rings. The summed E-state index contributed by atoms with van der Waals surface area (Å²) in [6.07, 6.45) is -0.473. The Morgan fingerprint density at radius 1 is 1.73 bits per heavy atom. The zero-order valence-corrected chi connectivity index (χ0v) is 7.13. The predicted molar refractivity (Wildman–Crippen MR) is 39.7 cm³/mol. The zero-order chi connectivity index (χ0) is 8.65. The summed E-state index contributed by atoms with van der Waals surface area (Å²) >= 11 is 0. The summed E-state index contributed by atoms with van der Waals surface area (Å²) in [4.78, 5) is 11.2. The molecule has 0 bridgehead atoms. The van der Waals surface area contributed by atoms with Gasteiger partial charge in [-0.15, -0.1) is 0 Å². The topological polar surface area (TPSA) is 46.5 Å². The molecule has 0 saturated carbocycles. The number of hydrogen-bond acceptors (Lipinski definition) is 3. The van der Waals surface area contributed by atoms with Gasteiger partial charge in [-0.25, -0.2) is 0 Å². The average molecular weight is 158 g/mol. The van der Waals surface area contributed by atoms with Crippen LogP contribution in [0.1, 0.15) is 27.2 Å². The maximum absolute atomic E-state index is 11.2. The number of carbonyl (C=O) groups is 1. The van der Waals surface area contributed by atoms with E-state index in [2.05, 4.69) is 4.74 Å². The zero-order valence-electron chi connectivity index (χ0n) is 7.13. The maximum atomic E-state index is 11.2. The number of hydrogen-bond donors (Lipinski definition) is 1. The standard InChI is InChI=1S/C8H14O3/c1-5(2)8(3)4-6(9)11-7(8)10/h5-6,9H,4H2,1-3H3. The summed E-state index contributed by atoms with van der Waals surface area (Å²) in [5.74, 6) is -0.0628. The predicted octanol–water partition coefficient (Wildman–Crippen LogP) is 0.914. The van der Waals surface area contributed by atoms with Crippen molar-refractivity contribution in [2.45, 2.75) is 33.5 Å². The molecular formula is C8H14O3. The molecule has 1 rings (SSSR count). The Morgan fingerprint density at radius 3 is 2.45 bits per heavy atom. The third-order valence-corrected chi connectivity index (χ3v) is 2.58. The Morgan fingerprint density at radius 2 is 2.27 bits per heavy atom. The fraction of sp³-hybridized carbons (Fsp3) is 0.875. The van der Waals surface area contributed by atoms with Gasteiger partial charge in [-0.05, 0) is 12.8 Å². The normalized spacial score (nSPS) is 37.9. The number of carbonyl (C=O) groups excluding carboxylic acids is 1. The lowest BCUT2D eigenvalue weighted by Gasteiger charge is -2.22. The van der Waals surface area contributed by atoms with Gasteiger partial charge in [-0.3, -0.25) is 4.79 Å². The molecule has 11 heavy (non-hydrogen) atoms. The summed E-state index contributed by atoms with van der Waals surface area (Å²) < 4.78 is 4.65. The first kappa shape index (κ1) is 8.53. The third kappa shape index (κ3) is 1.25. The van der Waals surface area contributed by atoms with Crippen LogP contribution in [0, 0.1) is 11.3 Å². The Hall–Kier alpha value is -0.570. The van der Waals surface area contributed by atoms with E-state index in [1.165, 1.54) is 0 Å². The van der Waals surface area contributed by atoms with Gasteiger partial charge < -0.3 is 9.84 Å². The van der Waals surface area contributed by atoms with Crippen molar-refractivity contribution < 1.29 is 14.6 Å². The van der Waals surface area contributed by atoms with Gasteiger partial charge in [-0.1, -0.05) is 13.8 Å². The van der Waals surface area contributed by atoms with Crippen LogP contribution < -0.4 is 0 Å². The Labute approximate surface area is 66.4 Å². The van der Waals surface area contributed by atoms with E-state index < -0.39 is 11.7 Å². The van der Waals surface area contributed by atoms with E-state index in [0.29, 0.717) is 6.42 Å². The van der Waals surface area contributed by atoms with Gasteiger partial charge in [0.1, 0.15) is 0 Å². The second-order valence-corrected chi connectivity index (χ2v) is 3.64. The van der Waals surface area contributed by atoms with Crippen molar-refractivity contribution in [3.05, 3.63) is 0 Å². The van der Waals surface area contributed by atoms with Gasteiger partial charge >= 0.3 is 5.97 Å². The van der Waals surface area contributed by atoms with Crippen LogP contribution in [0.2, 0.25) is 0 Å². The first-order valence-electron chi connectivity index (χ1n) is 3.86. The molecule has 3 heteroatoms. The van der Waals surface area contributed by atoms with Crippen LogP contribution in [0.5, 0.6) is 0 Å². The summed E-state index contributed by atoms with van der Waals surface area (Å²) in [5, 5.41) is 9.04. The van der Waals surface area contributed by atoms with E-state index in [-0.39, 0.29) is 11.9 Å². The van der Waals surface area contributed by atoms with Crippen molar-refractivity contribution >= 4 is 5.97 Å². The third-order valence-electron chi connectivity index (χ3n) is 2.58. The lowest BCUT2D eigenvalue weighted by atomic mass is 9.78. The van der Waals surface area contributed by atoms with Gasteiger partial charge in [-0.2, -0.15) is 0 Å². The van der Waals surface area contributed by atoms with Crippen LogP contribution >= 0.6 is 0 Å². The number of ether oxygens (including phenoxy) is 1. The van der Waals surface area contributed by atoms with Crippen LogP contribution in [-0.4, -0.2) is 17.4 Å². The van der Waals surface area contributed by atoms with Gasteiger partial charge in [0, 0.05) is 6.42 Å². The van der Waals surface area contributed by atoms with Gasteiger partial charge in [0.2, 0.25) is 6.29 Å². The number of aliphatic hydroxyl groups excluding tert-OH is 1. The molecule has 3 nitrogen and oxygen atoms in total. The highest BCUT2D eigenvalue weighted by atomic mass is 16.6. The second-order valence-electron chi connectivity index (χ2n) is 3.64. The molecule has 2 atom stereocenters. The Bertz CT molecular complexity index is 176. The van der Waals surface area contributed by atoms with Crippen LogP contribution in [0.3, 0.4) is 0 Å². The summed E-state index contributed by atoms with van der Waals surface area (Å²) in [5.41, 5.74) is -0.487. The lowest BCUT2D eigenvalue weighted by Crippen LogP contribution is -2.28. The molecule has 1 saturated heterocycles. The highest BCUT2D eigenvalue weighted by molar-refractivity contribution is 5.78. The fourth-order valence-electron chi connectivity index (χ4n) is 1.22. The lowest BCUT2D eigenvalue weighted by molar-refractivity contribution is -0.158. The molecule has 0 radical (unpaired) electrons. The minimum absolute atomic E-state index is 0.215. The first-order valence-corrected chi connectivity index (χ1v) is 3.86. The molecule has 2 unspecified atom stereocenters. The van der Waals surface area contributed by atoms with E-state index in [4.69, 9.17) is 5.11 Å². The van der Waals surface area contributed by atoms with E-state index in [0.717, 1.165) is 0 Å². The molecule has 0 aromatic carbocycles. The van der Waals surface area contributed by atoms with Crippen molar-refractivity contribution in [3.63, 3.8) is 0 Å². The van der Waals surface area contributed by atoms with Gasteiger partial charge in [0.05, 0.1) is 5.41 Å². The van der Waals surface area contributed by atoms with Crippen molar-refractivity contribution in [3.8, 4) is 0 Å². The van der Waals surface area contributed by atoms with E-state index in [9.17, 15) is 4.79 Å². The summed E-state index contributed by atoms with van der Waals surface area (Å²) in [7, 11) is 0. The smallest absolute Gasteiger partial charge is 0.314 e. The number of esters is 1. The van der Waals surface area contributed by atoms with Crippen LogP contribution in [-0.2, 0) is 9.53 Å². The van der Waals surface area contributed by atoms with Gasteiger partial charge in [0.25, 0.3) is 0 Å². The largest absolute Gasteiger partial charge is 0.436 e. The molecule has 1 aliphatic heterocycles. The molecule has 1 N–H and O–H groups in total. The molecule has 0 aromatic heterocycles. The monoisotopic (exact) mass is 158 g/mol. The van der Waals surface area contributed by atoms with Crippen LogP contribution in [0.4, 0.5) is 0 Å². The molecule has 1 heterocycles. The molecule has 0 aromatic rings. The number of aliphatic hydroxyl groups is 1. The number of cyclic esters (lactones) is 1. The first-order chi connectivity index (χ1) is 4.97. The van der Waals surface area contributed by atoms with E-state index in [1.54, 1.807) is 0 Å². The minimum atomic E-state index is -0.894. The fourth-order valence-corrected chi connectivity index (χ4v) is 1.22. The van der Waals surface area contributed by atoms with Crippen molar-refractivity contribution in [1.29, 1.82) is 0 Å². The van der Waals surface area contributed by atoms with Crippen molar-refractivity contribution in [2.75, 3.05) is 0 Å². The highest BCUT2D eigenvalue weighted by Crippen LogP contribution is 2.39. The summed E-state index contributed by atoms with van der Waals surface area (Å²) in [6, 6.07) is 0. The molecule has 0 spiro atoms. The second kappa shape index (κ2) is 2.48. The van der Waals surface area contributed by atoms with Crippen LogP contribution in [0.25, 0.3) is 0 Å². The Kier molecular flexibility index (Phi) is 1.92. The molecule has 1 fully saturated rings. The van der Waals surface area contributed by atoms with Crippen molar-refractivity contribution in [2.24, 2.45) is 11.3 Å². The van der Waals surface area contributed by atoms with Crippen LogP contribution in [0.15, 0.2) is 0 Å². The summed E-state index contributed by atoms with van der Waals surface area (Å²) in [6.45, 7) is 5.74. The number of rotatable bonds is 1. The van der Waals surface area contributed by atoms with Gasteiger partial charge in [0.15, 0.2) is 0 Å². The molecule has 0 aliphatic carbocycles.